The van der Waals surface area contributed by atoms with Crippen LogP contribution in [-0.2, 0) is 34.1 Å². The molecule has 4 aliphatic carbocycles. The Kier molecular flexibility index (Phi) is 14.4. The largest absolute Gasteiger partial charge is 2.00 e. The van der Waals surface area contributed by atoms with Crippen LogP contribution in [-0.4, -0.2) is 11.4 Å². The quantitative estimate of drug-likeness (QED) is 0.256. The van der Waals surface area contributed by atoms with E-state index in [4.69, 9.17) is 9.98 Å². The van der Waals surface area contributed by atoms with Crippen molar-refractivity contribution >= 4 is 11.4 Å². The maximum Gasteiger partial charge on any atom is 2.00 e. The van der Waals surface area contributed by atoms with Crippen molar-refractivity contribution < 1.29 is 34.1 Å². The Morgan fingerprint density at radius 1 is 0.357 bits per heavy atom. The molecule has 0 bridgehead atoms. The Morgan fingerprint density at radius 2 is 0.595 bits per heavy atom. The second-order valence-electron chi connectivity index (χ2n) is 11.5. The molecular weight excluding hydrogens is 596 g/mol. The van der Waals surface area contributed by atoms with E-state index < -0.39 is 0 Å². The van der Waals surface area contributed by atoms with Gasteiger partial charge in [0.25, 0.3) is 0 Å². The predicted molar refractivity (Wildman–Crippen MR) is 170 cm³/mol. The van der Waals surface area contributed by atoms with Crippen LogP contribution in [0.15, 0.2) is 33.3 Å². The van der Waals surface area contributed by atoms with Crippen LogP contribution in [0.2, 0.25) is 0 Å². The number of dihydropyridines is 2. The predicted octanol–water partition coefficient (Wildman–Crippen LogP) is 9.19. The minimum absolute atomic E-state index is 0. The Labute approximate surface area is 282 Å². The van der Waals surface area contributed by atoms with E-state index in [1.807, 2.05) is 12.8 Å². The normalized spacial score (nSPS) is 27.2. The summed E-state index contributed by atoms with van der Waals surface area (Å²) in [4.78, 5) is 9.47. The SMILES string of the molecule is CC1=CC(C2=N[C]3[CH][CH][CH][C]3C(C)=C2)=N[C]2[CH][CH][CH][C]21.C[C]1[C](C)[C](C)[C](C)[C]1C.C[C]1[C](C)[C](C)[C](C)[C]1C.[Fe+2].[Fe+2]. The zero-order valence-electron chi connectivity index (χ0n) is 27.2. The molecule has 2 heterocycles. The van der Waals surface area contributed by atoms with Gasteiger partial charge in [-0.15, -0.1) is 0 Å². The number of fused-ring (bicyclic) bond motifs is 2. The average Bonchev–Trinajstić information content (AvgIpc) is 3.69. The van der Waals surface area contributed by atoms with Crippen LogP contribution in [0.1, 0.15) is 83.1 Å². The molecular formula is C38H44Fe2N2+4. The first-order valence-corrected chi connectivity index (χ1v) is 14.3. The third kappa shape index (κ3) is 7.80. The van der Waals surface area contributed by atoms with E-state index in [-0.39, 0.29) is 34.1 Å². The van der Waals surface area contributed by atoms with Crippen molar-refractivity contribution in [1.29, 1.82) is 0 Å². The molecule has 2 nitrogen and oxygen atoms in total. The summed E-state index contributed by atoms with van der Waals surface area (Å²) in [5.74, 6) is 17.1. The van der Waals surface area contributed by atoms with Crippen LogP contribution in [0, 0.1) is 122 Å². The van der Waals surface area contributed by atoms with Gasteiger partial charge in [-0.1, -0.05) is 80.4 Å². The van der Waals surface area contributed by atoms with Crippen LogP contribution >= 0.6 is 0 Å². The fraction of sp³-hybridized carbons (Fsp3) is 0.316. The van der Waals surface area contributed by atoms with E-state index >= 15 is 0 Å². The Hall–Kier alpha value is -0.141. The number of rotatable bonds is 1. The number of allylic oxidation sites excluding steroid dienone is 2. The zero-order chi connectivity index (χ0) is 29.5. The van der Waals surface area contributed by atoms with Crippen molar-refractivity contribution in [3.8, 4) is 0 Å². The monoisotopic (exact) mass is 640 g/mol. The molecule has 218 valence electrons. The van der Waals surface area contributed by atoms with Crippen molar-refractivity contribution in [2.24, 2.45) is 9.98 Å². The smallest absolute Gasteiger partial charge is 0.273 e. The summed E-state index contributed by atoms with van der Waals surface area (Å²) >= 11 is 0. The summed E-state index contributed by atoms with van der Waals surface area (Å²) in [7, 11) is 0. The fourth-order valence-corrected chi connectivity index (χ4v) is 5.65. The van der Waals surface area contributed by atoms with Gasteiger partial charge in [-0.3, -0.25) is 9.98 Å². The Balaban J connectivity index is 0.000000239. The minimum atomic E-state index is 0. The van der Waals surface area contributed by atoms with Gasteiger partial charge in [-0.25, -0.2) is 0 Å². The number of hydrogen-bond acceptors (Lipinski definition) is 2. The average molecular weight is 640 g/mol. The van der Waals surface area contributed by atoms with Crippen molar-refractivity contribution in [3.05, 3.63) is 145 Å². The third-order valence-electron chi connectivity index (χ3n) is 9.51. The van der Waals surface area contributed by atoms with Crippen molar-refractivity contribution in [3.63, 3.8) is 0 Å². The van der Waals surface area contributed by atoms with Crippen LogP contribution in [0.4, 0.5) is 0 Å². The molecule has 6 aliphatic rings. The molecule has 4 heteroatoms. The van der Waals surface area contributed by atoms with Gasteiger partial charge in [0.05, 0.1) is 11.4 Å². The summed E-state index contributed by atoms with van der Waals surface area (Å²) < 4.78 is 0. The van der Waals surface area contributed by atoms with E-state index in [0.29, 0.717) is 0 Å². The van der Waals surface area contributed by atoms with Crippen molar-refractivity contribution in [2.75, 3.05) is 0 Å². The van der Waals surface area contributed by atoms with Gasteiger partial charge in [0.15, 0.2) is 0 Å². The van der Waals surface area contributed by atoms with Crippen molar-refractivity contribution in [1.82, 2.24) is 0 Å². The molecule has 0 atom stereocenters. The number of hydrogen-bond donors (Lipinski definition) is 0. The summed E-state index contributed by atoms with van der Waals surface area (Å²) in [5, 5.41) is 0. The van der Waals surface area contributed by atoms with Gasteiger partial charge in [-0.05, 0) is 124 Å². The first-order chi connectivity index (χ1) is 18.8. The van der Waals surface area contributed by atoms with E-state index in [1.165, 1.54) is 82.2 Å². The standard InChI is InChI=1S/C18H14N2.2C10H15.2Fe/c1-11-9-17(19-15-7-3-5-13(11)15)18-10-12(2)14-6-4-8-16(14)20-18;2*1-6-7(2)9(4)10(5)8(6)3;;/h3-10H,1-2H3;2*1-5H3;;/q;;;2*+2. The molecule has 0 aromatic carbocycles. The van der Waals surface area contributed by atoms with Crippen LogP contribution in [0.25, 0.3) is 0 Å². The van der Waals surface area contributed by atoms with Gasteiger partial charge in [0, 0.05) is 11.8 Å². The van der Waals surface area contributed by atoms with E-state index in [9.17, 15) is 0 Å². The molecule has 0 aromatic heterocycles. The fourth-order valence-electron chi connectivity index (χ4n) is 5.65. The Morgan fingerprint density at radius 3 is 0.833 bits per heavy atom. The molecule has 6 rings (SSSR count). The molecule has 0 unspecified atom stereocenters. The second kappa shape index (κ2) is 15.9. The molecule has 2 aliphatic heterocycles. The van der Waals surface area contributed by atoms with Gasteiger partial charge >= 0.3 is 34.1 Å². The summed E-state index contributed by atoms with van der Waals surface area (Å²) in [6.07, 6.45) is 16.7. The molecule has 0 amide bonds. The maximum absolute atomic E-state index is 4.74. The van der Waals surface area contributed by atoms with Crippen LogP contribution in [0.3, 0.4) is 0 Å². The molecule has 4 saturated carbocycles. The Bertz CT molecular complexity index is 841. The topological polar surface area (TPSA) is 24.7 Å². The van der Waals surface area contributed by atoms with Crippen molar-refractivity contribution in [2.45, 2.75) is 83.1 Å². The number of nitrogens with zero attached hydrogens (tertiary/aromatic N) is 2. The molecule has 0 spiro atoms. The molecule has 0 aromatic rings. The third-order valence-corrected chi connectivity index (χ3v) is 9.51. The molecule has 0 N–H and O–H groups in total. The molecule has 0 saturated heterocycles. The van der Waals surface area contributed by atoms with E-state index in [0.717, 1.165) is 23.5 Å². The van der Waals surface area contributed by atoms with Gasteiger partial charge in [0.2, 0.25) is 0 Å². The molecule has 20 radical (unpaired) electrons. The van der Waals surface area contributed by atoms with E-state index in [1.54, 1.807) is 0 Å². The van der Waals surface area contributed by atoms with Gasteiger partial charge in [0.1, 0.15) is 12.1 Å². The number of aliphatic imine (C=N–C) groups is 2. The van der Waals surface area contributed by atoms with E-state index in [2.05, 4.69) is 121 Å². The summed E-state index contributed by atoms with van der Waals surface area (Å²) in [6, 6.07) is 2.09. The zero-order valence-corrected chi connectivity index (χ0v) is 29.4. The molecule has 4 fully saturated rings. The van der Waals surface area contributed by atoms with Gasteiger partial charge < -0.3 is 0 Å². The first kappa shape index (κ1) is 38.0. The minimum Gasteiger partial charge on any atom is -0.273 e. The second-order valence-corrected chi connectivity index (χ2v) is 11.5. The summed E-state index contributed by atoms with van der Waals surface area (Å²) in [6.45, 7) is 26.2. The van der Waals surface area contributed by atoms with Gasteiger partial charge in [-0.2, -0.15) is 0 Å². The summed E-state index contributed by atoms with van der Waals surface area (Å²) in [5.41, 5.74) is 4.40. The van der Waals surface area contributed by atoms with Crippen LogP contribution in [0.5, 0.6) is 0 Å². The molecule has 42 heavy (non-hydrogen) atoms. The first-order valence-electron chi connectivity index (χ1n) is 14.3. The maximum atomic E-state index is 4.74. The van der Waals surface area contributed by atoms with Crippen LogP contribution < -0.4 is 0 Å².